The van der Waals surface area contributed by atoms with E-state index >= 15 is 0 Å². The molecule has 5 heteroatoms. The van der Waals surface area contributed by atoms with Gasteiger partial charge in [-0.3, -0.25) is 0 Å². The van der Waals surface area contributed by atoms with Gasteiger partial charge in [0.25, 0.3) is 0 Å². The van der Waals surface area contributed by atoms with Crippen molar-refractivity contribution in [1.29, 1.82) is 0 Å². The van der Waals surface area contributed by atoms with Gasteiger partial charge < -0.3 is 0 Å². The Labute approximate surface area is 321 Å². The normalized spacial score (nSPS) is 19.6. The smallest absolute Gasteiger partial charge is 0.0885 e. The Balaban J connectivity index is 1.39. The van der Waals surface area contributed by atoms with E-state index < -0.39 is 24.5 Å². The number of fused-ring (bicyclic) bond motifs is 1. The van der Waals surface area contributed by atoms with E-state index in [4.69, 9.17) is 0 Å². The third-order valence-electron chi connectivity index (χ3n) is 12.7. The van der Waals surface area contributed by atoms with E-state index in [1.54, 1.807) is 31.9 Å². The second-order valence-corrected chi connectivity index (χ2v) is 40.8. The van der Waals surface area contributed by atoms with Crippen LogP contribution in [0.4, 0.5) is 0 Å². The van der Waals surface area contributed by atoms with Crippen LogP contribution in [0.2, 0.25) is 0 Å². The number of thioether (sulfide) groups is 1. The summed E-state index contributed by atoms with van der Waals surface area (Å²) in [7, 11) is -1.41. The van der Waals surface area contributed by atoms with Crippen molar-refractivity contribution in [2.45, 2.75) is 66.7 Å². The van der Waals surface area contributed by atoms with Gasteiger partial charge in [0.1, 0.15) is 0 Å². The lowest BCUT2D eigenvalue weighted by molar-refractivity contribution is 0.491. The average Bonchev–Trinajstić information content (AvgIpc) is 3.77. The van der Waals surface area contributed by atoms with Crippen LogP contribution in [0.5, 0.6) is 0 Å². The summed E-state index contributed by atoms with van der Waals surface area (Å²) in [5.41, 5.74) is 5.76. The van der Waals surface area contributed by atoms with Crippen LogP contribution in [-0.2, 0) is 5.41 Å². The zero-order valence-electron chi connectivity index (χ0n) is 31.3. The summed E-state index contributed by atoms with van der Waals surface area (Å²) in [6.45, 7) is 14.4. The van der Waals surface area contributed by atoms with E-state index in [-0.39, 0.29) is 10.2 Å². The molecule has 0 atom stereocenters. The lowest BCUT2D eigenvalue weighted by Crippen LogP contribution is -2.49. The largest absolute Gasteiger partial charge is 0.214 e. The molecule has 0 bridgehead atoms. The maximum atomic E-state index is 2.92. The van der Waals surface area contributed by atoms with Crippen molar-refractivity contribution in [2.75, 3.05) is 18.8 Å². The third kappa shape index (κ3) is 5.51. The highest BCUT2D eigenvalue weighted by Gasteiger charge is 2.60. The molecule has 4 aromatic rings. The monoisotopic (exact) mass is 840 g/mol. The third-order valence-corrected chi connectivity index (χ3v) is 30.1. The van der Waals surface area contributed by atoms with E-state index in [1.165, 1.54) is 32.0 Å². The molecule has 0 amide bonds. The predicted octanol–water partition coefficient (Wildman–Crippen LogP) is 11.4. The molecule has 0 unspecified atom stereocenters. The zero-order valence-corrected chi connectivity index (χ0v) is 37.9. The van der Waals surface area contributed by atoms with E-state index in [2.05, 4.69) is 203 Å². The maximum absolute atomic E-state index is 2.92. The number of halogens is 1. The first kappa shape index (κ1) is 36.1. The van der Waals surface area contributed by atoms with Gasteiger partial charge in [-0.2, -0.15) is 0 Å². The van der Waals surface area contributed by atoms with Crippen molar-refractivity contribution in [1.82, 2.24) is 0 Å². The number of benzene rings is 4. The molecular formula is C45H53IS2Si2. The van der Waals surface area contributed by atoms with Gasteiger partial charge in [0.05, 0.1) is 24.5 Å². The first-order chi connectivity index (χ1) is 23.5. The molecule has 0 N–H and O–H groups in total. The van der Waals surface area contributed by atoms with Crippen LogP contribution in [0.3, 0.4) is 0 Å². The second-order valence-electron chi connectivity index (χ2n) is 17.1. The fraction of sp³-hybridized carbons (Fsp3) is 0.289. The van der Waals surface area contributed by atoms with Crippen LogP contribution in [0.15, 0.2) is 153 Å². The lowest BCUT2D eigenvalue weighted by Gasteiger charge is -2.77. The number of rotatable bonds is 9. The Hall–Kier alpha value is -2.30. The molecule has 50 heavy (non-hydrogen) atoms. The Kier molecular flexibility index (Phi) is 8.75. The summed E-state index contributed by atoms with van der Waals surface area (Å²) >= 11 is 4.89. The van der Waals surface area contributed by atoms with Crippen molar-refractivity contribution in [3.05, 3.63) is 165 Å². The molecule has 2 aliphatic heterocycles. The molecule has 0 aromatic heterocycles. The fourth-order valence-corrected chi connectivity index (χ4v) is 20.3. The molecule has 7 rings (SSSR count). The molecule has 1 aliphatic carbocycles. The molecular weight excluding hydrogens is 788 g/mol. The molecule has 0 saturated carbocycles. The molecule has 2 heterocycles. The number of hydrogen-bond donors (Lipinski definition) is 0. The maximum Gasteiger partial charge on any atom is 0.0885 e. The molecule has 0 radical (unpaired) electrons. The van der Waals surface area contributed by atoms with E-state index in [0.717, 1.165) is 0 Å². The van der Waals surface area contributed by atoms with Crippen LogP contribution >= 0.6 is 38.4 Å². The van der Waals surface area contributed by atoms with E-state index in [0.29, 0.717) is 11.2 Å². The van der Waals surface area contributed by atoms with Gasteiger partial charge in [-0.15, -0.1) is 11.8 Å². The summed E-state index contributed by atoms with van der Waals surface area (Å²) < 4.78 is 0.151. The Morgan fingerprint density at radius 3 is 1.60 bits per heavy atom. The Morgan fingerprint density at radius 2 is 1.12 bits per heavy atom. The standard InChI is InChI=1S/C45H53IS2Si2/c1-30(2)44(5,6)48(7,8,9,46)37-25-17-19-33(27-37)41-29-39-43(50-41)42-38(28-40(49-42)32-18-16-24-36(26-32)47-31(3)4)45(39,34-20-12-10-13-21-34)35-22-14-11-15-23-35/h10-31H,49-50H2,1-9H3. The average molecular weight is 841 g/mol. The van der Waals surface area contributed by atoms with E-state index in [1.807, 2.05) is 11.8 Å². The lowest BCUT2D eigenvalue weighted by atomic mass is 9.66. The Morgan fingerprint density at radius 1 is 0.640 bits per heavy atom. The summed E-state index contributed by atoms with van der Waals surface area (Å²) in [5.74, 6) is 0.566. The Bertz CT molecular complexity index is 2090. The summed E-state index contributed by atoms with van der Waals surface area (Å²) in [4.78, 5) is 2.91. The van der Waals surface area contributed by atoms with Gasteiger partial charge in [0, 0.05) is 10.1 Å². The van der Waals surface area contributed by atoms with Crippen LogP contribution in [-0.4, -0.2) is 47.8 Å². The minimum atomic E-state index is -2.73. The van der Waals surface area contributed by atoms with Crippen LogP contribution < -0.4 is 0 Å². The number of allylic oxidation sites excluding steroid dienone is 6. The van der Waals surface area contributed by atoms with Gasteiger partial charge >= 0.3 is 0 Å². The topological polar surface area (TPSA) is 0 Å². The zero-order chi connectivity index (χ0) is 35.8. The first-order valence-electron chi connectivity index (χ1n) is 18.1. The van der Waals surface area contributed by atoms with Gasteiger partial charge in [-0.25, -0.2) is 5.47 Å². The van der Waals surface area contributed by atoms with Gasteiger partial charge in [0.15, 0.2) is 0 Å². The minimum Gasteiger partial charge on any atom is -0.214 e. The van der Waals surface area contributed by atoms with Crippen molar-refractivity contribution < 1.29 is 0 Å². The molecule has 0 spiro atoms. The van der Waals surface area contributed by atoms with Crippen molar-refractivity contribution >= 4 is 67.9 Å². The molecule has 0 fully saturated rings. The highest BCUT2D eigenvalue weighted by molar-refractivity contribution is 14.2. The quantitative estimate of drug-likeness (QED) is 0.0919. The highest BCUT2D eigenvalue weighted by atomic mass is 127. The predicted molar refractivity (Wildman–Crippen MR) is 241 cm³/mol. The molecule has 4 aromatic carbocycles. The van der Waals surface area contributed by atoms with Crippen molar-refractivity contribution in [3.8, 4) is 0 Å². The molecule has 260 valence electrons. The second kappa shape index (κ2) is 12.1. The van der Waals surface area contributed by atoms with Crippen molar-refractivity contribution in [2.24, 2.45) is 5.92 Å². The van der Waals surface area contributed by atoms with Gasteiger partial charge in [-0.1, -0.05) is 165 Å². The van der Waals surface area contributed by atoms with Crippen molar-refractivity contribution in [3.63, 3.8) is 0 Å². The van der Waals surface area contributed by atoms with Gasteiger partial charge in [-0.05, 0) is 107 Å². The van der Waals surface area contributed by atoms with Crippen LogP contribution in [0.25, 0.3) is 10.4 Å². The van der Waals surface area contributed by atoms with Gasteiger partial charge in [0.2, 0.25) is 0 Å². The molecule has 3 aliphatic rings. The van der Waals surface area contributed by atoms with Crippen LogP contribution in [0.1, 0.15) is 63.8 Å². The first-order valence-corrected chi connectivity index (χ1v) is 28.0. The summed E-state index contributed by atoms with van der Waals surface area (Å²) in [6, 6.07) is 42.0. The molecule has 0 nitrogen and oxygen atoms in total. The summed E-state index contributed by atoms with van der Waals surface area (Å²) in [5, 5.41) is 7.22. The summed E-state index contributed by atoms with van der Waals surface area (Å²) in [6.07, 6.45) is 13.1. The van der Waals surface area contributed by atoms with E-state index in [9.17, 15) is 0 Å². The number of hydrogen-bond acceptors (Lipinski definition) is 1. The highest BCUT2D eigenvalue weighted by Crippen LogP contribution is 3.00. The SMILES string of the molecule is CC(C)Sc1cccc(C2=CC3=C([SiH2]2)C2=C(C=C(c4cccc(S(C)(C)(C)(I)C(C)(C)C(C)C)c4)[SiH2]2)C3(c2ccccc2)c2ccccc2)c1. The fourth-order valence-electron chi connectivity index (χ4n) is 8.53. The van der Waals surface area contributed by atoms with Crippen LogP contribution in [0, 0.1) is 5.92 Å². The molecule has 0 saturated heterocycles. The minimum absolute atomic E-state index is 0.151.